The molecule has 1 fully saturated rings. The van der Waals surface area contributed by atoms with Crippen LogP contribution >= 0.6 is 0 Å². The van der Waals surface area contributed by atoms with Crippen molar-refractivity contribution in [2.45, 2.75) is 82.8 Å². The molecule has 1 saturated carbocycles. The van der Waals surface area contributed by atoms with Crippen LogP contribution in [-0.4, -0.2) is 50.9 Å². The molecule has 0 saturated heterocycles. The highest BCUT2D eigenvalue weighted by Gasteiger charge is 2.34. The maximum atomic E-state index is 14.2. The first-order valence-electron chi connectivity index (χ1n) is 15.0. The molecule has 1 atom stereocenters. The van der Waals surface area contributed by atoms with E-state index in [2.05, 4.69) is 5.32 Å². The predicted molar refractivity (Wildman–Crippen MR) is 170 cm³/mol. The van der Waals surface area contributed by atoms with Crippen molar-refractivity contribution in [3.05, 3.63) is 89.5 Å². The summed E-state index contributed by atoms with van der Waals surface area (Å²) in [5.74, 6) is -0.0318. The standard InChI is InChI=1S/C34H43N3O5S/c1-5-28-11-9-10-14-32(28)37(43(40,41)31-21-15-25(2)16-22-31)24-33(38)36(23-27-17-19-30(42-4)20-18-27)26(3)34(39)35-29-12-7-6-8-13-29/h9-11,14-22,26,29H,5-8,12-13,23-24H2,1-4H3,(H,35,39)/t26-/m1/s1. The summed E-state index contributed by atoms with van der Waals surface area (Å²) in [5, 5.41) is 3.14. The zero-order valence-corrected chi connectivity index (χ0v) is 26.4. The first-order valence-corrected chi connectivity index (χ1v) is 16.5. The third kappa shape index (κ3) is 7.96. The van der Waals surface area contributed by atoms with Crippen molar-refractivity contribution in [2.75, 3.05) is 18.0 Å². The summed E-state index contributed by atoms with van der Waals surface area (Å²) in [6.45, 7) is 5.23. The van der Waals surface area contributed by atoms with Crippen molar-refractivity contribution >= 4 is 27.5 Å². The number of sulfonamides is 1. The fourth-order valence-corrected chi connectivity index (χ4v) is 6.93. The van der Waals surface area contributed by atoms with Gasteiger partial charge in [0.05, 0.1) is 17.7 Å². The number of carbonyl (C=O) groups is 2. The number of hydrogen-bond donors (Lipinski definition) is 1. The van der Waals surface area contributed by atoms with Crippen LogP contribution in [-0.2, 0) is 32.6 Å². The van der Waals surface area contributed by atoms with E-state index in [0.29, 0.717) is 17.9 Å². The van der Waals surface area contributed by atoms with E-state index in [1.807, 2.05) is 38.1 Å². The van der Waals surface area contributed by atoms with E-state index in [4.69, 9.17) is 4.74 Å². The summed E-state index contributed by atoms with van der Waals surface area (Å²) in [4.78, 5) is 29.3. The molecule has 2 amide bonds. The number of nitrogens with zero attached hydrogens (tertiary/aromatic N) is 2. The van der Waals surface area contributed by atoms with E-state index in [9.17, 15) is 18.0 Å². The molecule has 1 aliphatic rings. The lowest BCUT2D eigenvalue weighted by Crippen LogP contribution is -2.53. The van der Waals surface area contributed by atoms with Gasteiger partial charge in [0.2, 0.25) is 11.8 Å². The van der Waals surface area contributed by atoms with Crippen LogP contribution in [0.5, 0.6) is 5.75 Å². The Morgan fingerprint density at radius 1 is 0.953 bits per heavy atom. The van der Waals surface area contributed by atoms with Gasteiger partial charge in [0.15, 0.2) is 0 Å². The van der Waals surface area contributed by atoms with Gasteiger partial charge in [-0.2, -0.15) is 0 Å². The number of amides is 2. The molecule has 3 aromatic carbocycles. The highest BCUT2D eigenvalue weighted by atomic mass is 32.2. The molecule has 0 aromatic heterocycles. The maximum Gasteiger partial charge on any atom is 0.264 e. The van der Waals surface area contributed by atoms with Gasteiger partial charge in [0.25, 0.3) is 10.0 Å². The first kappa shape index (κ1) is 32.1. The van der Waals surface area contributed by atoms with E-state index in [1.165, 1.54) is 9.21 Å². The van der Waals surface area contributed by atoms with E-state index < -0.39 is 28.5 Å². The summed E-state index contributed by atoms with van der Waals surface area (Å²) in [6, 6.07) is 20.4. The number of ether oxygens (including phenoxy) is 1. The minimum Gasteiger partial charge on any atom is -0.497 e. The Labute approximate surface area is 256 Å². The van der Waals surface area contributed by atoms with Crippen LogP contribution in [0.15, 0.2) is 77.7 Å². The third-order valence-electron chi connectivity index (χ3n) is 8.16. The van der Waals surface area contributed by atoms with Crippen molar-refractivity contribution in [3.63, 3.8) is 0 Å². The number of nitrogens with one attached hydrogen (secondary N) is 1. The van der Waals surface area contributed by atoms with Crippen molar-refractivity contribution in [1.29, 1.82) is 0 Å². The highest BCUT2D eigenvalue weighted by Crippen LogP contribution is 2.28. The number of rotatable bonds is 12. The molecule has 4 rings (SSSR count). The monoisotopic (exact) mass is 605 g/mol. The topological polar surface area (TPSA) is 96.0 Å². The van der Waals surface area contributed by atoms with Gasteiger partial charge in [-0.05, 0) is 74.6 Å². The number of para-hydroxylation sites is 1. The van der Waals surface area contributed by atoms with Crippen LogP contribution in [0.3, 0.4) is 0 Å². The average Bonchev–Trinajstić information content (AvgIpc) is 3.03. The number of anilines is 1. The summed E-state index contributed by atoms with van der Waals surface area (Å²) < 4.78 is 34.7. The van der Waals surface area contributed by atoms with E-state index in [-0.39, 0.29) is 23.4 Å². The molecular formula is C34H43N3O5S. The molecule has 0 spiro atoms. The SMILES string of the molecule is CCc1ccccc1N(CC(=O)N(Cc1ccc(OC)cc1)[C@H](C)C(=O)NC1CCCCC1)S(=O)(=O)c1ccc(C)cc1. The summed E-state index contributed by atoms with van der Waals surface area (Å²) in [7, 11) is -2.53. The van der Waals surface area contributed by atoms with Crippen LogP contribution < -0.4 is 14.4 Å². The molecule has 43 heavy (non-hydrogen) atoms. The van der Waals surface area contributed by atoms with Gasteiger partial charge in [-0.3, -0.25) is 13.9 Å². The molecule has 0 unspecified atom stereocenters. The smallest absolute Gasteiger partial charge is 0.264 e. The maximum absolute atomic E-state index is 14.2. The predicted octanol–water partition coefficient (Wildman–Crippen LogP) is 5.63. The van der Waals surface area contributed by atoms with E-state index >= 15 is 0 Å². The lowest BCUT2D eigenvalue weighted by atomic mass is 9.95. The zero-order valence-electron chi connectivity index (χ0n) is 25.6. The fourth-order valence-electron chi connectivity index (χ4n) is 5.48. The van der Waals surface area contributed by atoms with Crippen LogP contribution in [0, 0.1) is 6.92 Å². The van der Waals surface area contributed by atoms with Gasteiger partial charge in [-0.1, -0.05) is 74.2 Å². The Morgan fingerprint density at radius 3 is 2.23 bits per heavy atom. The van der Waals surface area contributed by atoms with Gasteiger partial charge in [0, 0.05) is 12.6 Å². The van der Waals surface area contributed by atoms with Gasteiger partial charge in [-0.25, -0.2) is 8.42 Å². The fraction of sp³-hybridized carbons (Fsp3) is 0.412. The number of hydrogen-bond acceptors (Lipinski definition) is 5. The van der Waals surface area contributed by atoms with E-state index in [0.717, 1.165) is 48.8 Å². The molecule has 9 heteroatoms. The second kappa shape index (κ2) is 14.6. The molecule has 1 N–H and O–H groups in total. The molecule has 0 bridgehead atoms. The normalized spacial score (nSPS) is 14.5. The number of methoxy groups -OCH3 is 1. The molecular weight excluding hydrogens is 562 g/mol. The van der Waals surface area contributed by atoms with Gasteiger partial charge in [0.1, 0.15) is 18.3 Å². The molecule has 230 valence electrons. The van der Waals surface area contributed by atoms with Crippen LogP contribution in [0.1, 0.15) is 62.6 Å². The number of aryl methyl sites for hydroxylation is 2. The third-order valence-corrected chi connectivity index (χ3v) is 9.93. The Bertz CT molecular complexity index is 1480. The Morgan fingerprint density at radius 2 is 1.60 bits per heavy atom. The molecule has 8 nitrogen and oxygen atoms in total. The van der Waals surface area contributed by atoms with E-state index in [1.54, 1.807) is 62.6 Å². The van der Waals surface area contributed by atoms with Crippen molar-refractivity contribution in [3.8, 4) is 5.75 Å². The number of benzene rings is 3. The molecule has 0 heterocycles. The Balaban J connectivity index is 1.70. The lowest BCUT2D eigenvalue weighted by molar-refractivity contribution is -0.139. The van der Waals surface area contributed by atoms with Crippen LogP contribution in [0.25, 0.3) is 0 Å². The quantitative estimate of drug-likeness (QED) is 0.289. The summed E-state index contributed by atoms with van der Waals surface area (Å²) in [5.41, 5.74) is 2.98. The second-order valence-corrected chi connectivity index (χ2v) is 13.1. The van der Waals surface area contributed by atoms with Crippen molar-refractivity contribution < 1.29 is 22.7 Å². The highest BCUT2D eigenvalue weighted by molar-refractivity contribution is 7.92. The largest absolute Gasteiger partial charge is 0.497 e. The summed E-state index contributed by atoms with van der Waals surface area (Å²) >= 11 is 0. The minimum absolute atomic E-state index is 0.0801. The Kier molecular flexibility index (Phi) is 10.9. The van der Waals surface area contributed by atoms with Crippen molar-refractivity contribution in [2.24, 2.45) is 0 Å². The Hall–Kier alpha value is -3.85. The van der Waals surface area contributed by atoms with Gasteiger partial charge in [-0.15, -0.1) is 0 Å². The van der Waals surface area contributed by atoms with Gasteiger partial charge >= 0.3 is 0 Å². The van der Waals surface area contributed by atoms with Crippen LogP contribution in [0.2, 0.25) is 0 Å². The molecule has 0 aliphatic heterocycles. The molecule has 3 aromatic rings. The minimum atomic E-state index is -4.11. The summed E-state index contributed by atoms with van der Waals surface area (Å²) in [6.07, 6.45) is 5.71. The molecule has 1 aliphatic carbocycles. The van der Waals surface area contributed by atoms with Crippen LogP contribution in [0.4, 0.5) is 5.69 Å². The molecule has 0 radical (unpaired) electrons. The lowest BCUT2D eigenvalue weighted by Gasteiger charge is -2.33. The van der Waals surface area contributed by atoms with Crippen molar-refractivity contribution in [1.82, 2.24) is 10.2 Å². The van der Waals surface area contributed by atoms with Gasteiger partial charge < -0.3 is 15.0 Å². The average molecular weight is 606 g/mol. The first-order chi connectivity index (χ1) is 20.6. The number of carbonyl (C=O) groups excluding carboxylic acids is 2. The second-order valence-electron chi connectivity index (χ2n) is 11.2. The zero-order chi connectivity index (χ0) is 31.0.